The lowest BCUT2D eigenvalue weighted by Crippen LogP contribution is -2.30. The molecule has 0 radical (unpaired) electrons. The highest BCUT2D eigenvalue weighted by molar-refractivity contribution is 6.02. The lowest BCUT2D eigenvalue weighted by Gasteiger charge is -2.16. The lowest BCUT2D eigenvalue weighted by molar-refractivity contribution is -0.0280. The average molecular weight is 1690 g/mol. The molecule has 0 bridgehead atoms. The summed E-state index contributed by atoms with van der Waals surface area (Å²) in [4.78, 5) is 37.6. The van der Waals surface area contributed by atoms with Gasteiger partial charge in [-0.25, -0.2) is 9.97 Å². The van der Waals surface area contributed by atoms with E-state index in [9.17, 15) is 9.59 Å². The third-order valence-corrected chi connectivity index (χ3v) is 14.8. The molecule has 0 aromatic carbocycles. The second-order valence-electron chi connectivity index (χ2n) is 24.1. The van der Waals surface area contributed by atoms with Gasteiger partial charge in [0.2, 0.25) is 0 Å². The quantitative estimate of drug-likeness (QED) is 0.0618. The number of hydrogen-bond acceptors (Lipinski definition) is 38. The fourth-order valence-electron chi connectivity index (χ4n) is 8.83. The van der Waals surface area contributed by atoms with E-state index in [2.05, 4.69) is 16.0 Å². The highest BCUT2D eigenvalue weighted by Gasteiger charge is 2.23. The van der Waals surface area contributed by atoms with Crippen molar-refractivity contribution in [3.05, 3.63) is 11.4 Å². The lowest BCUT2D eigenvalue weighted by atomic mass is 10.1. The Balaban J connectivity index is 2.47. The molecule has 1 aromatic heterocycles. The van der Waals surface area contributed by atoms with Crippen molar-refractivity contribution in [2.24, 2.45) is 0 Å². The van der Waals surface area contributed by atoms with Crippen LogP contribution >= 0.6 is 0 Å². The molecule has 0 aliphatic carbocycles. The highest BCUT2D eigenvalue weighted by atomic mass is 16.6. The Morgan fingerprint density at radius 1 is 0.198 bits per heavy atom. The number of rotatable bonds is 103. The Hall–Kier alpha value is -3.46. The second kappa shape index (κ2) is 97.0. The number of carbonyl (C=O) groups is 2. The van der Waals surface area contributed by atoms with Crippen LogP contribution in [0, 0.1) is 0 Å². The molecular weight excluding hydrogens is 1540 g/mol. The predicted molar refractivity (Wildman–Crippen MR) is 425 cm³/mol. The van der Waals surface area contributed by atoms with Gasteiger partial charge in [0.15, 0.2) is 28.8 Å². The topological polar surface area (TPSA) is 391 Å². The predicted octanol–water partition coefficient (Wildman–Crippen LogP) is 1.82. The van der Waals surface area contributed by atoms with Gasteiger partial charge in [0, 0.05) is 74.3 Å². The van der Waals surface area contributed by atoms with E-state index in [4.69, 9.17) is 162 Å². The molecule has 1 rings (SSSR count). The Labute approximate surface area is 689 Å². The Morgan fingerprint density at radius 2 is 0.362 bits per heavy atom. The van der Waals surface area contributed by atoms with E-state index in [0.29, 0.717) is 416 Å². The van der Waals surface area contributed by atoms with Crippen molar-refractivity contribution >= 4 is 23.3 Å². The minimum atomic E-state index is -0.516. The number of amides is 1. The minimum Gasteiger partial charge on any atom is -0.382 e. The molecule has 1 heterocycles. The SMILES string of the molecule is COCCOCCOCCOCCCNc1nc(C(=O)NCCOCCOCCOCCOCCOCCOCCOCCOCCOCCOCCOCCOC)c(NCCCOCCOCCOCCOC)nc1C(=O)CCCOCCOCCOCCOCCOCCOCCOCCOCCOCCOCCOCCOC. The van der Waals surface area contributed by atoms with Gasteiger partial charge >= 0.3 is 0 Å². The third kappa shape index (κ3) is 82.8. The first-order valence-electron chi connectivity index (χ1n) is 40.9. The van der Waals surface area contributed by atoms with Crippen LogP contribution < -0.4 is 16.0 Å². The normalized spacial score (nSPS) is 11.7. The van der Waals surface area contributed by atoms with Crippen LogP contribution in [0.4, 0.5) is 11.6 Å². The molecule has 0 aliphatic rings. The van der Waals surface area contributed by atoms with Crippen LogP contribution in [0.25, 0.3) is 0 Å². The summed E-state index contributed by atoms with van der Waals surface area (Å²) in [6, 6.07) is 0. The van der Waals surface area contributed by atoms with Gasteiger partial charge in [-0.15, -0.1) is 0 Å². The number of carbonyl (C=O) groups excluding carboxylic acids is 2. The maximum absolute atomic E-state index is 14.1. The molecule has 0 aliphatic heterocycles. The van der Waals surface area contributed by atoms with Crippen molar-refractivity contribution in [2.45, 2.75) is 25.7 Å². The fraction of sp³-hybridized carbons (Fsp3) is 0.922. The van der Waals surface area contributed by atoms with Crippen LogP contribution in [-0.4, -0.2) is 466 Å². The van der Waals surface area contributed by atoms with Gasteiger partial charge < -0.3 is 168 Å². The van der Waals surface area contributed by atoms with Crippen LogP contribution in [0.5, 0.6) is 0 Å². The van der Waals surface area contributed by atoms with Crippen LogP contribution in [0.15, 0.2) is 0 Å². The Bertz CT molecular complexity index is 1990. The molecule has 39 nitrogen and oxygen atoms in total. The first-order valence-corrected chi connectivity index (χ1v) is 40.9. The monoisotopic (exact) mass is 1690 g/mol. The summed E-state index contributed by atoms with van der Waals surface area (Å²) in [6.07, 6.45) is 1.59. The molecule has 686 valence electrons. The minimum absolute atomic E-state index is 0.00611. The molecule has 1 aromatic rings. The van der Waals surface area contributed by atoms with Gasteiger partial charge in [0.1, 0.15) is 0 Å². The van der Waals surface area contributed by atoms with Gasteiger partial charge in [-0.2, -0.15) is 0 Å². The molecule has 0 fully saturated rings. The summed E-state index contributed by atoms with van der Waals surface area (Å²) < 4.78 is 176. The summed E-state index contributed by atoms with van der Waals surface area (Å²) in [6.45, 7) is 27.7. The summed E-state index contributed by atoms with van der Waals surface area (Å²) in [5.74, 6) is -0.501. The molecule has 0 unspecified atom stereocenters. The van der Waals surface area contributed by atoms with Crippen molar-refractivity contribution in [3.63, 3.8) is 0 Å². The summed E-state index contributed by atoms with van der Waals surface area (Å²) in [7, 11) is 6.52. The number of nitrogens with zero attached hydrogens (tertiary/aromatic N) is 2. The van der Waals surface area contributed by atoms with Crippen molar-refractivity contribution in [1.29, 1.82) is 0 Å². The maximum Gasteiger partial charge on any atom is 0.273 e. The smallest absolute Gasteiger partial charge is 0.273 e. The summed E-state index contributed by atoms with van der Waals surface area (Å²) in [5, 5.41) is 9.37. The number of aromatic nitrogens is 2. The summed E-state index contributed by atoms with van der Waals surface area (Å²) in [5.41, 5.74) is 0.0711. The molecule has 1 amide bonds. The van der Waals surface area contributed by atoms with Gasteiger partial charge in [0.25, 0.3) is 5.91 Å². The largest absolute Gasteiger partial charge is 0.382 e. The zero-order valence-corrected chi connectivity index (χ0v) is 70.7. The number of Topliss-reactive ketones (excluding diaryl/α,β-unsaturated/α-hetero) is 1. The average Bonchev–Trinajstić information content (AvgIpc) is 0.805. The number of anilines is 2. The molecular formula is C77H149N5O34. The molecule has 116 heavy (non-hydrogen) atoms. The second-order valence-corrected chi connectivity index (χ2v) is 24.1. The maximum atomic E-state index is 14.1. The summed E-state index contributed by atoms with van der Waals surface area (Å²) >= 11 is 0. The van der Waals surface area contributed by atoms with Crippen molar-refractivity contribution in [2.75, 3.05) is 455 Å². The van der Waals surface area contributed by atoms with E-state index in [1.54, 1.807) is 28.4 Å². The molecule has 39 heteroatoms. The van der Waals surface area contributed by atoms with Gasteiger partial charge in [-0.05, 0) is 19.3 Å². The van der Waals surface area contributed by atoms with Gasteiger partial charge in [-0.1, -0.05) is 0 Å². The van der Waals surface area contributed by atoms with Crippen molar-refractivity contribution < 1.29 is 161 Å². The number of ether oxygens (including phenoxy) is 32. The van der Waals surface area contributed by atoms with Crippen LogP contribution in [0.2, 0.25) is 0 Å². The zero-order chi connectivity index (χ0) is 83.0. The van der Waals surface area contributed by atoms with E-state index < -0.39 is 5.91 Å². The number of ketones is 1. The van der Waals surface area contributed by atoms with E-state index in [-0.39, 0.29) is 55.0 Å². The number of nitrogens with one attached hydrogen (secondary N) is 3. The zero-order valence-electron chi connectivity index (χ0n) is 70.7. The van der Waals surface area contributed by atoms with Crippen LogP contribution in [0.1, 0.15) is 46.7 Å². The molecule has 0 saturated carbocycles. The van der Waals surface area contributed by atoms with Crippen molar-refractivity contribution in [1.82, 2.24) is 15.3 Å². The highest BCUT2D eigenvalue weighted by Crippen LogP contribution is 2.21. The Morgan fingerprint density at radius 3 is 0.569 bits per heavy atom. The van der Waals surface area contributed by atoms with Crippen LogP contribution in [0.3, 0.4) is 0 Å². The third-order valence-electron chi connectivity index (χ3n) is 14.8. The molecule has 0 saturated heterocycles. The van der Waals surface area contributed by atoms with E-state index in [1.165, 1.54) is 0 Å². The van der Waals surface area contributed by atoms with Crippen LogP contribution in [-0.2, 0) is 152 Å². The fourth-order valence-corrected chi connectivity index (χ4v) is 8.83. The standard InChI is InChI=1S/C77H149N5O34/c1-85-16-20-93-32-36-98-29-25-90-13-6-9-78-75-73(72(83)8-5-12-89-24-28-97-40-42-103-48-50-107-56-58-111-64-66-115-70-68-113-62-60-109-54-52-105-46-44-101-38-34-95-22-18-87-3)81-76(79-10-7-14-91-26-30-99-37-33-94-21-17-86-2)74(82-75)77(84)80-11-15-92-27-31-100-41-43-104-49-51-108-57-59-112-65-67-116-71-69-114-63-61-110-55-53-106-47-45-102-39-35-96-23-19-88-4/h5-71H2,1-4H3,(H,78,82)(H,79,81)(H,80,84). The Kier molecular flexibility index (Phi) is 92.4. The molecule has 0 atom stereocenters. The number of methoxy groups -OCH3 is 4. The van der Waals surface area contributed by atoms with Gasteiger partial charge in [-0.3, -0.25) is 9.59 Å². The molecule has 0 spiro atoms. The first-order chi connectivity index (χ1) is 57.6. The number of hydrogen-bond donors (Lipinski definition) is 3. The van der Waals surface area contributed by atoms with E-state index >= 15 is 0 Å². The first kappa shape index (κ1) is 111. The van der Waals surface area contributed by atoms with Gasteiger partial charge in [0.05, 0.1) is 377 Å². The van der Waals surface area contributed by atoms with Crippen molar-refractivity contribution in [3.8, 4) is 0 Å². The molecule has 3 N–H and O–H groups in total. The van der Waals surface area contributed by atoms with E-state index in [1.807, 2.05) is 0 Å². The van der Waals surface area contributed by atoms with E-state index in [0.717, 1.165) is 0 Å².